The molecule has 0 saturated carbocycles. The van der Waals surface area contributed by atoms with Crippen molar-refractivity contribution < 1.29 is 4.39 Å². The molecule has 0 amide bonds. The smallest absolute Gasteiger partial charge is 0.125 e. The van der Waals surface area contributed by atoms with E-state index in [0.29, 0.717) is 17.3 Å². The molecule has 0 aliphatic rings. The zero-order chi connectivity index (χ0) is 13.1. The third-order valence-electron chi connectivity index (χ3n) is 2.84. The molecule has 0 fully saturated rings. The summed E-state index contributed by atoms with van der Waals surface area (Å²) in [5, 5.41) is 5.38. The summed E-state index contributed by atoms with van der Waals surface area (Å²) in [6, 6.07) is 8.65. The second kappa shape index (κ2) is 5.40. The minimum Gasteiger partial charge on any atom is -0.397 e. The normalized spacial score (nSPS) is 12.7. The number of hydrogen-bond donors (Lipinski definition) is 2. The Hall–Kier alpha value is -1.55. The third kappa shape index (κ3) is 2.82. The Morgan fingerprint density at radius 3 is 2.67 bits per heavy atom. The van der Waals surface area contributed by atoms with Crippen molar-refractivity contribution in [3.8, 4) is 0 Å². The van der Waals surface area contributed by atoms with Crippen LogP contribution in [0.4, 0.5) is 15.8 Å². The van der Waals surface area contributed by atoms with Gasteiger partial charge < -0.3 is 11.1 Å². The molecule has 0 bridgehead atoms. The number of nitrogens with one attached hydrogen (secondary N) is 1. The molecule has 1 aromatic carbocycles. The van der Waals surface area contributed by atoms with Gasteiger partial charge in [0.05, 0.1) is 17.4 Å². The molecule has 3 N–H and O–H groups in total. The lowest BCUT2D eigenvalue weighted by Crippen LogP contribution is -2.16. The Labute approximate surface area is 111 Å². The Morgan fingerprint density at radius 2 is 2.06 bits per heavy atom. The van der Waals surface area contributed by atoms with E-state index in [0.717, 1.165) is 0 Å². The number of hydrogen-bond acceptors (Lipinski definition) is 3. The number of benzene rings is 1. The maximum Gasteiger partial charge on any atom is 0.125 e. The van der Waals surface area contributed by atoms with Crippen LogP contribution in [0.25, 0.3) is 0 Å². The van der Waals surface area contributed by atoms with Crippen LogP contribution in [0.1, 0.15) is 24.8 Å². The van der Waals surface area contributed by atoms with Crippen molar-refractivity contribution in [3.05, 3.63) is 46.4 Å². The van der Waals surface area contributed by atoms with Crippen LogP contribution in [-0.2, 0) is 0 Å². The lowest BCUT2D eigenvalue weighted by Gasteiger charge is -2.23. The van der Waals surface area contributed by atoms with E-state index >= 15 is 0 Å². The molecular formula is C14H17FN2S. The van der Waals surface area contributed by atoms with Gasteiger partial charge in [-0.15, -0.1) is 11.3 Å². The number of nitrogens with two attached hydrogens (primary N) is 1. The first-order valence-electron chi connectivity index (χ1n) is 5.93. The molecule has 1 heterocycles. The van der Waals surface area contributed by atoms with Gasteiger partial charge in [-0.05, 0) is 35.6 Å². The largest absolute Gasteiger partial charge is 0.397 e. The number of halogens is 1. The van der Waals surface area contributed by atoms with Gasteiger partial charge >= 0.3 is 0 Å². The van der Waals surface area contributed by atoms with Crippen molar-refractivity contribution in [1.82, 2.24) is 0 Å². The fourth-order valence-electron chi connectivity index (χ4n) is 1.86. The highest BCUT2D eigenvalue weighted by atomic mass is 32.1. The summed E-state index contributed by atoms with van der Waals surface area (Å²) in [4.78, 5) is 1.23. The van der Waals surface area contributed by atoms with E-state index in [1.807, 2.05) is 11.4 Å². The van der Waals surface area contributed by atoms with Crippen molar-refractivity contribution in [2.24, 2.45) is 5.92 Å². The highest BCUT2D eigenvalue weighted by Crippen LogP contribution is 2.32. The summed E-state index contributed by atoms with van der Waals surface area (Å²) in [5.74, 6) is 0.117. The molecule has 0 spiro atoms. The number of nitrogen functional groups attached to an aromatic ring is 1. The van der Waals surface area contributed by atoms with Gasteiger partial charge in [0, 0.05) is 4.88 Å². The zero-order valence-electron chi connectivity index (χ0n) is 10.5. The summed E-state index contributed by atoms with van der Waals surface area (Å²) in [7, 11) is 0. The lowest BCUT2D eigenvalue weighted by atomic mass is 10.0. The van der Waals surface area contributed by atoms with Gasteiger partial charge in [-0.2, -0.15) is 0 Å². The number of thiophene rings is 1. The fraction of sp³-hybridized carbons (Fsp3) is 0.286. The van der Waals surface area contributed by atoms with E-state index < -0.39 is 0 Å². The Kier molecular flexibility index (Phi) is 3.87. The van der Waals surface area contributed by atoms with Crippen molar-refractivity contribution in [2.75, 3.05) is 11.1 Å². The lowest BCUT2D eigenvalue weighted by molar-refractivity contribution is 0.553. The van der Waals surface area contributed by atoms with Crippen molar-refractivity contribution in [1.29, 1.82) is 0 Å². The van der Waals surface area contributed by atoms with Crippen LogP contribution in [0.3, 0.4) is 0 Å². The van der Waals surface area contributed by atoms with Gasteiger partial charge in [0.25, 0.3) is 0 Å². The predicted molar refractivity (Wildman–Crippen MR) is 76.3 cm³/mol. The Balaban J connectivity index is 2.27. The first-order chi connectivity index (χ1) is 8.58. The summed E-state index contributed by atoms with van der Waals surface area (Å²) in [5.41, 5.74) is 7.09. The molecule has 0 aliphatic heterocycles. The maximum atomic E-state index is 13.2. The van der Waals surface area contributed by atoms with E-state index in [2.05, 4.69) is 25.2 Å². The van der Waals surface area contributed by atoms with E-state index in [4.69, 9.17) is 5.73 Å². The first kappa shape index (κ1) is 12.9. The van der Waals surface area contributed by atoms with E-state index in [1.165, 1.54) is 17.0 Å². The zero-order valence-corrected chi connectivity index (χ0v) is 11.3. The Morgan fingerprint density at radius 1 is 1.28 bits per heavy atom. The van der Waals surface area contributed by atoms with Crippen LogP contribution in [0.5, 0.6) is 0 Å². The van der Waals surface area contributed by atoms with E-state index in [9.17, 15) is 4.39 Å². The monoisotopic (exact) mass is 264 g/mol. The molecule has 0 aliphatic carbocycles. The summed E-state index contributed by atoms with van der Waals surface area (Å²) in [6.07, 6.45) is 0. The minimum absolute atomic E-state index is 0.147. The van der Waals surface area contributed by atoms with Gasteiger partial charge in [-0.3, -0.25) is 0 Å². The highest BCUT2D eigenvalue weighted by molar-refractivity contribution is 7.10. The van der Waals surface area contributed by atoms with Crippen LogP contribution >= 0.6 is 11.3 Å². The summed E-state index contributed by atoms with van der Waals surface area (Å²) in [6.45, 7) is 4.26. The van der Waals surface area contributed by atoms with Crippen LogP contribution in [0.2, 0.25) is 0 Å². The van der Waals surface area contributed by atoms with Crippen LogP contribution in [0.15, 0.2) is 35.7 Å². The van der Waals surface area contributed by atoms with Gasteiger partial charge in [0.2, 0.25) is 0 Å². The molecular weight excluding hydrogens is 247 g/mol. The van der Waals surface area contributed by atoms with Gasteiger partial charge in [0.1, 0.15) is 5.82 Å². The minimum atomic E-state index is -0.277. The van der Waals surface area contributed by atoms with Gasteiger partial charge in [-0.25, -0.2) is 4.39 Å². The van der Waals surface area contributed by atoms with Crippen LogP contribution in [-0.4, -0.2) is 0 Å². The van der Waals surface area contributed by atoms with Crippen molar-refractivity contribution in [2.45, 2.75) is 19.9 Å². The summed E-state index contributed by atoms with van der Waals surface area (Å²) >= 11 is 1.69. The quantitative estimate of drug-likeness (QED) is 0.809. The highest BCUT2D eigenvalue weighted by Gasteiger charge is 2.17. The molecule has 2 nitrogen and oxygen atoms in total. The molecule has 18 heavy (non-hydrogen) atoms. The molecule has 1 aromatic heterocycles. The molecule has 4 heteroatoms. The molecule has 1 unspecified atom stereocenters. The topological polar surface area (TPSA) is 38.0 Å². The molecule has 0 radical (unpaired) electrons. The van der Waals surface area contributed by atoms with Crippen molar-refractivity contribution in [3.63, 3.8) is 0 Å². The van der Waals surface area contributed by atoms with Gasteiger partial charge in [-0.1, -0.05) is 19.9 Å². The standard InChI is InChI=1S/C14H17FN2S/c1-9(2)14(13-4-3-7-18-13)17-12-8-10(15)5-6-11(12)16/h3-9,14,17H,16H2,1-2H3. The number of anilines is 2. The predicted octanol–water partition coefficient (Wildman–Crippen LogP) is 4.28. The average molecular weight is 264 g/mol. The third-order valence-corrected chi connectivity index (χ3v) is 3.80. The Bertz CT molecular complexity index is 509. The first-order valence-corrected chi connectivity index (χ1v) is 6.81. The molecule has 96 valence electrons. The number of rotatable bonds is 4. The maximum absolute atomic E-state index is 13.2. The fourth-order valence-corrected chi connectivity index (χ4v) is 2.80. The van der Waals surface area contributed by atoms with Crippen LogP contribution < -0.4 is 11.1 Å². The average Bonchev–Trinajstić information content (AvgIpc) is 2.83. The van der Waals surface area contributed by atoms with E-state index in [1.54, 1.807) is 17.4 Å². The van der Waals surface area contributed by atoms with Crippen molar-refractivity contribution >= 4 is 22.7 Å². The van der Waals surface area contributed by atoms with Gasteiger partial charge in [0.15, 0.2) is 0 Å². The molecule has 1 atom stereocenters. The van der Waals surface area contributed by atoms with E-state index in [-0.39, 0.29) is 11.9 Å². The van der Waals surface area contributed by atoms with Crippen LogP contribution in [0, 0.1) is 11.7 Å². The second-order valence-electron chi connectivity index (χ2n) is 4.61. The molecule has 2 rings (SSSR count). The molecule has 0 saturated heterocycles. The second-order valence-corrected chi connectivity index (χ2v) is 5.59. The summed E-state index contributed by atoms with van der Waals surface area (Å²) < 4.78 is 13.2. The SMILES string of the molecule is CC(C)C(Nc1cc(F)ccc1N)c1cccs1. The molecule has 2 aromatic rings.